The van der Waals surface area contributed by atoms with E-state index < -0.39 is 6.17 Å². The summed E-state index contributed by atoms with van der Waals surface area (Å²) >= 11 is 6.51. The maximum atomic E-state index is 14.7. The van der Waals surface area contributed by atoms with Crippen LogP contribution in [0, 0.1) is 0 Å². The Morgan fingerprint density at radius 1 is 1.27 bits per heavy atom. The van der Waals surface area contributed by atoms with Crippen molar-refractivity contribution in [2.45, 2.75) is 32.4 Å². The van der Waals surface area contributed by atoms with Crippen LogP contribution in [0.25, 0.3) is 11.0 Å². The molecule has 33 heavy (non-hydrogen) atoms. The summed E-state index contributed by atoms with van der Waals surface area (Å²) in [5, 5.41) is 8.21. The summed E-state index contributed by atoms with van der Waals surface area (Å²) in [6.45, 7) is 5.38. The maximum Gasteiger partial charge on any atom is 0.211 e. The van der Waals surface area contributed by atoms with E-state index >= 15 is 0 Å². The van der Waals surface area contributed by atoms with Gasteiger partial charge < -0.3 is 15.1 Å². The molecule has 0 fully saturated rings. The van der Waals surface area contributed by atoms with Crippen molar-refractivity contribution < 1.29 is 13.6 Å². The van der Waals surface area contributed by atoms with Crippen molar-refractivity contribution in [1.29, 1.82) is 0 Å². The molecule has 0 saturated heterocycles. The standard InChI is InChI=1S/C26H31ClFN3O2/c1-2-18-13-22(27)21-8-11-31(12-10-30-23(21)14-18)17-20(28)7-9-29-16-24(32)26-15-19-5-3-4-6-25(19)33-26/h3-6,13-15,20,29-30H,2,7-12,16-17H2,1H3. The Labute approximate surface area is 199 Å². The Morgan fingerprint density at radius 2 is 2.12 bits per heavy atom. The van der Waals surface area contributed by atoms with Gasteiger partial charge >= 0.3 is 0 Å². The van der Waals surface area contributed by atoms with Crippen molar-refractivity contribution >= 4 is 34.0 Å². The second-order valence-corrected chi connectivity index (χ2v) is 8.98. The largest absolute Gasteiger partial charge is 0.453 e. The number of Topliss-reactive ketones (excluding diaryl/α,β-unsaturated/α-hetero) is 1. The van der Waals surface area contributed by atoms with Crippen LogP contribution >= 0.6 is 11.6 Å². The molecule has 1 aliphatic rings. The molecule has 1 aromatic heterocycles. The molecule has 1 atom stereocenters. The van der Waals surface area contributed by atoms with Crippen molar-refractivity contribution in [3.8, 4) is 0 Å². The van der Waals surface area contributed by atoms with E-state index in [1.54, 1.807) is 6.07 Å². The molecule has 0 aliphatic carbocycles. The Hall–Kier alpha value is -2.41. The summed E-state index contributed by atoms with van der Waals surface area (Å²) in [4.78, 5) is 14.5. The number of aryl methyl sites for hydroxylation is 1. The number of fused-ring (bicyclic) bond motifs is 2. The third kappa shape index (κ3) is 6.14. The number of nitrogens with one attached hydrogen (secondary N) is 2. The van der Waals surface area contributed by atoms with Crippen LogP contribution in [0.3, 0.4) is 0 Å². The second kappa shape index (κ2) is 11.1. The summed E-state index contributed by atoms with van der Waals surface area (Å²) < 4.78 is 20.2. The molecule has 2 heterocycles. The van der Waals surface area contributed by atoms with Crippen LogP contribution in [0.15, 0.2) is 46.9 Å². The number of furan rings is 1. The molecule has 2 N–H and O–H groups in total. The molecule has 0 spiro atoms. The van der Waals surface area contributed by atoms with E-state index in [1.165, 1.54) is 5.56 Å². The fourth-order valence-corrected chi connectivity index (χ4v) is 4.60. The van der Waals surface area contributed by atoms with E-state index in [9.17, 15) is 9.18 Å². The van der Waals surface area contributed by atoms with Crippen LogP contribution in [0.5, 0.6) is 0 Å². The minimum atomic E-state index is -0.962. The Balaban J connectivity index is 1.20. The van der Waals surface area contributed by atoms with Crippen molar-refractivity contribution in [3.05, 3.63) is 64.4 Å². The Bertz CT molecular complexity index is 1070. The number of para-hydroxylation sites is 1. The maximum absolute atomic E-state index is 14.7. The molecule has 0 amide bonds. The van der Waals surface area contributed by atoms with Crippen molar-refractivity contribution in [3.63, 3.8) is 0 Å². The molecule has 4 rings (SSSR count). The zero-order valence-electron chi connectivity index (χ0n) is 19.0. The number of hydrogen-bond acceptors (Lipinski definition) is 5. The quantitative estimate of drug-likeness (QED) is 0.335. The number of ketones is 1. The molecular weight excluding hydrogens is 441 g/mol. The lowest BCUT2D eigenvalue weighted by Crippen LogP contribution is -2.38. The van der Waals surface area contributed by atoms with Crippen LogP contribution in [-0.2, 0) is 12.8 Å². The van der Waals surface area contributed by atoms with E-state index in [1.807, 2.05) is 30.3 Å². The van der Waals surface area contributed by atoms with Crippen molar-refractivity contribution in [1.82, 2.24) is 10.2 Å². The van der Waals surface area contributed by atoms with Crippen molar-refractivity contribution in [2.24, 2.45) is 0 Å². The van der Waals surface area contributed by atoms with E-state index in [0.717, 1.165) is 54.1 Å². The first kappa shape index (κ1) is 23.7. The lowest BCUT2D eigenvalue weighted by molar-refractivity contribution is 0.0965. The molecule has 176 valence electrons. The third-order valence-electron chi connectivity index (χ3n) is 6.16. The molecule has 7 heteroatoms. The highest BCUT2D eigenvalue weighted by Crippen LogP contribution is 2.29. The van der Waals surface area contributed by atoms with Gasteiger partial charge in [0.05, 0.1) is 6.54 Å². The fourth-order valence-electron chi connectivity index (χ4n) is 4.26. The normalized spacial score (nSPS) is 15.5. The first-order chi connectivity index (χ1) is 16.0. The van der Waals surface area contributed by atoms with Crippen LogP contribution in [0.2, 0.25) is 5.02 Å². The van der Waals surface area contributed by atoms with Crippen molar-refractivity contribution in [2.75, 3.05) is 44.6 Å². The molecule has 0 saturated carbocycles. The molecule has 1 aliphatic heterocycles. The molecule has 0 bridgehead atoms. The van der Waals surface area contributed by atoms with Crippen LogP contribution in [0.1, 0.15) is 35.0 Å². The topological polar surface area (TPSA) is 57.5 Å². The molecule has 5 nitrogen and oxygen atoms in total. The molecular formula is C26H31ClFN3O2. The summed E-state index contributed by atoms with van der Waals surface area (Å²) in [5.74, 6) is 0.205. The minimum absolute atomic E-state index is 0.127. The van der Waals surface area contributed by atoms with Gasteiger partial charge in [0.15, 0.2) is 5.76 Å². The third-order valence-corrected chi connectivity index (χ3v) is 6.50. The summed E-state index contributed by atoms with van der Waals surface area (Å²) in [5.41, 5.74) is 4.13. The van der Waals surface area contributed by atoms with Gasteiger partial charge in [-0.2, -0.15) is 0 Å². The van der Waals surface area contributed by atoms with Gasteiger partial charge in [-0.1, -0.05) is 36.7 Å². The zero-order valence-corrected chi connectivity index (χ0v) is 19.8. The summed E-state index contributed by atoms with van der Waals surface area (Å²) in [7, 11) is 0. The highest BCUT2D eigenvalue weighted by Gasteiger charge is 2.18. The van der Waals surface area contributed by atoms with Crippen LogP contribution < -0.4 is 10.6 Å². The zero-order chi connectivity index (χ0) is 23.2. The van der Waals surface area contributed by atoms with Gasteiger partial charge in [-0.3, -0.25) is 9.69 Å². The molecule has 0 radical (unpaired) electrons. The fraction of sp³-hybridized carbons (Fsp3) is 0.423. The number of anilines is 1. The predicted octanol–water partition coefficient (Wildman–Crippen LogP) is 5.12. The first-order valence-electron chi connectivity index (χ1n) is 11.7. The average Bonchev–Trinajstić information content (AvgIpc) is 3.23. The van der Waals surface area contributed by atoms with Gasteiger partial charge in [0.25, 0.3) is 0 Å². The lowest BCUT2D eigenvalue weighted by Gasteiger charge is -2.28. The van der Waals surface area contributed by atoms with Gasteiger partial charge in [-0.25, -0.2) is 4.39 Å². The van der Waals surface area contributed by atoms with E-state index in [4.69, 9.17) is 16.0 Å². The smallest absolute Gasteiger partial charge is 0.211 e. The Kier molecular flexibility index (Phi) is 8.02. The minimum Gasteiger partial charge on any atom is -0.453 e. The van der Waals surface area contributed by atoms with Crippen LogP contribution in [-0.4, -0.2) is 56.1 Å². The van der Waals surface area contributed by atoms with Gasteiger partial charge in [0.2, 0.25) is 5.78 Å². The SMILES string of the molecule is CCc1cc(Cl)c2c(c1)NCCN(CC(F)CCNCC(=O)c1cc3ccccc3o1)CC2. The van der Waals surface area contributed by atoms with Gasteiger partial charge in [-0.05, 0) is 61.2 Å². The number of benzene rings is 2. The van der Waals surface area contributed by atoms with Crippen LogP contribution in [0.4, 0.5) is 10.1 Å². The number of hydrogen-bond donors (Lipinski definition) is 2. The molecule has 3 aromatic rings. The van der Waals surface area contributed by atoms with Gasteiger partial charge in [-0.15, -0.1) is 0 Å². The number of halogens is 2. The second-order valence-electron chi connectivity index (χ2n) is 8.57. The average molecular weight is 472 g/mol. The van der Waals surface area contributed by atoms with Gasteiger partial charge in [0.1, 0.15) is 11.8 Å². The highest BCUT2D eigenvalue weighted by molar-refractivity contribution is 6.31. The van der Waals surface area contributed by atoms with E-state index in [0.29, 0.717) is 30.9 Å². The number of nitrogens with zero attached hydrogens (tertiary/aromatic N) is 1. The lowest BCUT2D eigenvalue weighted by atomic mass is 10.0. The summed E-state index contributed by atoms with van der Waals surface area (Å²) in [6, 6.07) is 13.5. The van der Waals surface area contributed by atoms with E-state index in [2.05, 4.69) is 28.5 Å². The summed E-state index contributed by atoms with van der Waals surface area (Å²) in [6.07, 6.45) is 1.13. The highest BCUT2D eigenvalue weighted by atomic mass is 35.5. The molecule has 1 unspecified atom stereocenters. The predicted molar refractivity (Wildman–Crippen MR) is 132 cm³/mol. The van der Waals surface area contributed by atoms with Gasteiger partial charge in [0, 0.05) is 42.3 Å². The number of rotatable bonds is 9. The monoisotopic (exact) mass is 471 g/mol. The van der Waals surface area contributed by atoms with E-state index in [-0.39, 0.29) is 12.3 Å². The number of carbonyl (C=O) groups excluding carboxylic acids is 1. The number of alkyl halides is 1. The number of carbonyl (C=O) groups is 1. The Morgan fingerprint density at radius 3 is 2.94 bits per heavy atom. The first-order valence-corrected chi connectivity index (χ1v) is 12.1. The molecule has 2 aromatic carbocycles.